The average molecular weight is 396 g/mol. The van der Waals surface area contributed by atoms with Crippen LogP contribution in [0.5, 0.6) is 11.5 Å². The fraction of sp³-hybridized carbons (Fsp3) is 0.438. The predicted molar refractivity (Wildman–Crippen MR) is 93.2 cm³/mol. The van der Waals surface area contributed by atoms with Crippen LogP contribution in [0.3, 0.4) is 0 Å². The SMILES string of the molecule is COc1ccc(S(=O)(=O)N2CCN(C(=O)c3nnc(C)o3)CC2)cc1OC. The van der Waals surface area contributed by atoms with Crippen molar-refractivity contribution in [3.05, 3.63) is 30.0 Å². The summed E-state index contributed by atoms with van der Waals surface area (Å²) in [6, 6.07) is 4.44. The first-order valence-corrected chi connectivity index (χ1v) is 9.62. The highest BCUT2D eigenvalue weighted by molar-refractivity contribution is 7.89. The molecule has 1 aliphatic rings. The number of rotatable bonds is 5. The second-order valence-electron chi connectivity index (χ2n) is 5.84. The number of hydrogen-bond donors (Lipinski definition) is 0. The first kappa shape index (κ1) is 19.1. The van der Waals surface area contributed by atoms with Crippen molar-refractivity contribution in [2.45, 2.75) is 11.8 Å². The fourth-order valence-corrected chi connectivity index (χ4v) is 4.21. The summed E-state index contributed by atoms with van der Waals surface area (Å²) in [5.41, 5.74) is 0. The summed E-state index contributed by atoms with van der Waals surface area (Å²) in [5, 5.41) is 7.34. The van der Waals surface area contributed by atoms with Gasteiger partial charge in [0.15, 0.2) is 11.5 Å². The van der Waals surface area contributed by atoms with E-state index in [0.29, 0.717) is 17.4 Å². The zero-order valence-electron chi connectivity index (χ0n) is 15.2. The number of aryl methyl sites for hydroxylation is 1. The van der Waals surface area contributed by atoms with Crippen molar-refractivity contribution in [2.24, 2.45) is 0 Å². The molecule has 1 fully saturated rings. The van der Waals surface area contributed by atoms with Gasteiger partial charge in [-0.1, -0.05) is 0 Å². The van der Waals surface area contributed by atoms with E-state index in [1.54, 1.807) is 13.0 Å². The third-order valence-electron chi connectivity index (χ3n) is 4.23. The number of piperazine rings is 1. The Bertz CT molecular complexity index is 934. The van der Waals surface area contributed by atoms with Gasteiger partial charge in [-0.25, -0.2) is 8.42 Å². The Labute approximate surface area is 156 Å². The molecule has 0 saturated carbocycles. The van der Waals surface area contributed by atoms with Gasteiger partial charge in [0, 0.05) is 39.2 Å². The first-order valence-electron chi connectivity index (χ1n) is 8.18. The monoisotopic (exact) mass is 396 g/mol. The average Bonchev–Trinajstić information content (AvgIpc) is 3.13. The van der Waals surface area contributed by atoms with Crippen LogP contribution in [0, 0.1) is 6.92 Å². The smallest absolute Gasteiger partial charge is 0.311 e. The lowest BCUT2D eigenvalue weighted by Crippen LogP contribution is -2.50. The third kappa shape index (κ3) is 3.74. The topological polar surface area (TPSA) is 115 Å². The molecule has 3 rings (SSSR count). The van der Waals surface area contributed by atoms with Crippen molar-refractivity contribution < 1.29 is 27.1 Å². The van der Waals surface area contributed by atoms with E-state index >= 15 is 0 Å². The van der Waals surface area contributed by atoms with Crippen molar-refractivity contribution >= 4 is 15.9 Å². The summed E-state index contributed by atoms with van der Waals surface area (Å²) in [6.07, 6.45) is 0. The Morgan fingerprint density at radius 3 is 2.30 bits per heavy atom. The normalized spacial score (nSPS) is 15.6. The van der Waals surface area contributed by atoms with Crippen LogP contribution in [0.2, 0.25) is 0 Å². The number of sulfonamides is 1. The maximum Gasteiger partial charge on any atom is 0.311 e. The Morgan fingerprint density at radius 2 is 1.74 bits per heavy atom. The predicted octanol–water partition coefficient (Wildman–Crippen LogP) is 0.542. The molecule has 10 nitrogen and oxygen atoms in total. The van der Waals surface area contributed by atoms with E-state index in [2.05, 4.69) is 10.2 Å². The first-order chi connectivity index (χ1) is 12.9. The van der Waals surface area contributed by atoms with E-state index in [9.17, 15) is 13.2 Å². The van der Waals surface area contributed by atoms with E-state index in [1.165, 1.54) is 35.6 Å². The molecule has 0 N–H and O–H groups in total. The molecule has 11 heteroatoms. The van der Waals surface area contributed by atoms with Crippen LogP contribution < -0.4 is 9.47 Å². The molecular weight excluding hydrogens is 376 g/mol. The van der Waals surface area contributed by atoms with Crippen molar-refractivity contribution in [3.8, 4) is 11.5 Å². The van der Waals surface area contributed by atoms with Crippen LogP contribution in [0.25, 0.3) is 0 Å². The number of nitrogens with zero attached hydrogens (tertiary/aromatic N) is 4. The summed E-state index contributed by atoms with van der Waals surface area (Å²) in [5.74, 6) is 0.580. The van der Waals surface area contributed by atoms with Gasteiger partial charge >= 0.3 is 11.8 Å². The van der Waals surface area contributed by atoms with Crippen LogP contribution in [0.15, 0.2) is 27.5 Å². The highest BCUT2D eigenvalue weighted by Crippen LogP contribution is 2.30. The van der Waals surface area contributed by atoms with Gasteiger partial charge in [0.2, 0.25) is 15.9 Å². The van der Waals surface area contributed by atoms with Crippen LogP contribution in [-0.2, 0) is 10.0 Å². The van der Waals surface area contributed by atoms with E-state index in [0.717, 1.165) is 0 Å². The van der Waals surface area contributed by atoms with Crippen molar-refractivity contribution in [1.82, 2.24) is 19.4 Å². The Kier molecular flexibility index (Phi) is 5.33. The summed E-state index contributed by atoms with van der Waals surface area (Å²) in [7, 11) is -0.799. The maximum absolute atomic E-state index is 12.9. The fourth-order valence-electron chi connectivity index (χ4n) is 2.78. The molecule has 1 aromatic carbocycles. The van der Waals surface area contributed by atoms with Crippen LogP contribution in [-0.4, -0.2) is 74.1 Å². The van der Waals surface area contributed by atoms with Crippen LogP contribution in [0.1, 0.15) is 16.6 Å². The largest absolute Gasteiger partial charge is 0.493 e. The summed E-state index contributed by atoms with van der Waals surface area (Å²) in [6.45, 7) is 2.38. The molecule has 0 radical (unpaired) electrons. The molecule has 1 amide bonds. The summed E-state index contributed by atoms with van der Waals surface area (Å²) >= 11 is 0. The number of amides is 1. The standard InChI is InChI=1S/C16H20N4O6S/c1-11-17-18-15(26-11)16(21)19-6-8-20(9-7-19)27(22,23)12-4-5-13(24-2)14(10-12)25-3/h4-5,10H,6-9H2,1-3H3. The van der Waals surface area contributed by atoms with Crippen LogP contribution in [0.4, 0.5) is 0 Å². The maximum atomic E-state index is 12.9. The lowest BCUT2D eigenvalue weighted by molar-refractivity contribution is 0.0656. The van der Waals surface area contributed by atoms with Gasteiger partial charge in [0.25, 0.3) is 0 Å². The molecular formula is C16H20N4O6S. The number of hydrogen-bond acceptors (Lipinski definition) is 8. The highest BCUT2D eigenvalue weighted by Gasteiger charge is 2.32. The van der Waals surface area contributed by atoms with Gasteiger partial charge in [0.1, 0.15) is 0 Å². The molecule has 1 aromatic heterocycles. The van der Waals surface area contributed by atoms with Crippen molar-refractivity contribution in [1.29, 1.82) is 0 Å². The molecule has 146 valence electrons. The lowest BCUT2D eigenvalue weighted by atomic mass is 10.3. The van der Waals surface area contributed by atoms with Crippen molar-refractivity contribution in [3.63, 3.8) is 0 Å². The van der Waals surface area contributed by atoms with E-state index < -0.39 is 15.9 Å². The number of aromatic nitrogens is 2. The minimum atomic E-state index is -3.72. The lowest BCUT2D eigenvalue weighted by Gasteiger charge is -2.33. The van der Waals surface area contributed by atoms with Gasteiger partial charge in [-0.3, -0.25) is 4.79 Å². The highest BCUT2D eigenvalue weighted by atomic mass is 32.2. The number of benzene rings is 1. The zero-order valence-corrected chi connectivity index (χ0v) is 16.0. The quantitative estimate of drug-likeness (QED) is 0.719. The molecule has 0 bridgehead atoms. The molecule has 0 spiro atoms. The van der Waals surface area contributed by atoms with Gasteiger partial charge in [-0.2, -0.15) is 4.31 Å². The van der Waals surface area contributed by atoms with E-state index in [1.807, 2.05) is 0 Å². The molecule has 2 heterocycles. The van der Waals surface area contributed by atoms with Gasteiger partial charge in [-0.05, 0) is 12.1 Å². The Balaban J connectivity index is 1.72. The molecule has 2 aromatic rings. The number of methoxy groups -OCH3 is 2. The minimum Gasteiger partial charge on any atom is -0.493 e. The van der Waals surface area contributed by atoms with Crippen LogP contribution >= 0.6 is 0 Å². The molecule has 0 atom stereocenters. The van der Waals surface area contributed by atoms with Gasteiger partial charge in [-0.15, -0.1) is 10.2 Å². The Hall–Kier alpha value is -2.66. The minimum absolute atomic E-state index is 0.0938. The molecule has 0 unspecified atom stereocenters. The van der Waals surface area contributed by atoms with E-state index in [4.69, 9.17) is 13.9 Å². The Morgan fingerprint density at radius 1 is 1.07 bits per heavy atom. The second-order valence-corrected chi connectivity index (χ2v) is 7.78. The molecule has 1 aliphatic heterocycles. The third-order valence-corrected chi connectivity index (χ3v) is 6.12. The molecule has 1 saturated heterocycles. The molecule has 0 aliphatic carbocycles. The van der Waals surface area contributed by atoms with Gasteiger partial charge < -0.3 is 18.8 Å². The summed E-state index contributed by atoms with van der Waals surface area (Å²) in [4.78, 5) is 13.9. The zero-order chi connectivity index (χ0) is 19.6. The van der Waals surface area contributed by atoms with E-state index in [-0.39, 0.29) is 37.0 Å². The second kappa shape index (κ2) is 7.53. The number of carbonyl (C=O) groups excluding carboxylic acids is 1. The summed E-state index contributed by atoms with van der Waals surface area (Å²) < 4.78 is 42.6. The number of carbonyl (C=O) groups is 1. The molecule has 27 heavy (non-hydrogen) atoms. The number of ether oxygens (including phenoxy) is 2. The van der Waals surface area contributed by atoms with Gasteiger partial charge in [0.05, 0.1) is 19.1 Å². The van der Waals surface area contributed by atoms with Crippen molar-refractivity contribution in [2.75, 3.05) is 40.4 Å².